The summed E-state index contributed by atoms with van der Waals surface area (Å²) >= 11 is 0. The van der Waals surface area contributed by atoms with E-state index in [-0.39, 0.29) is 17.5 Å². The summed E-state index contributed by atoms with van der Waals surface area (Å²) in [6, 6.07) is 2.19. The lowest BCUT2D eigenvalue weighted by Crippen LogP contribution is -2.36. The first-order chi connectivity index (χ1) is 11.3. The molecule has 1 atom stereocenters. The minimum atomic E-state index is -0.0855. The summed E-state index contributed by atoms with van der Waals surface area (Å²) in [7, 11) is 0. The highest BCUT2D eigenvalue weighted by molar-refractivity contribution is 5.92. The van der Waals surface area contributed by atoms with Crippen LogP contribution in [0.3, 0.4) is 0 Å². The van der Waals surface area contributed by atoms with Gasteiger partial charge in [0.2, 0.25) is 0 Å². The number of carbonyl (C=O) groups is 1. The van der Waals surface area contributed by atoms with Crippen molar-refractivity contribution in [2.24, 2.45) is 0 Å². The lowest BCUT2D eigenvalue weighted by molar-refractivity contribution is 0.0929. The van der Waals surface area contributed by atoms with Gasteiger partial charge in [0.1, 0.15) is 5.69 Å². The Kier molecular flexibility index (Phi) is 5.00. The van der Waals surface area contributed by atoms with E-state index in [0.717, 1.165) is 13.0 Å². The standard InChI is InChI=1S/C19H32N4O/c1-14(9-12-22-10-5-6-11-22)20-18(24)16-13-17(15-7-8-15)23(21-16)19(2,3)4/h13-15H,5-12H2,1-4H3,(H,20,24). The van der Waals surface area contributed by atoms with E-state index in [1.54, 1.807) is 0 Å². The summed E-state index contributed by atoms with van der Waals surface area (Å²) in [5, 5.41) is 7.76. The maximum atomic E-state index is 12.6. The predicted octanol–water partition coefficient (Wildman–Crippen LogP) is 3.12. The Morgan fingerprint density at radius 3 is 2.58 bits per heavy atom. The Balaban J connectivity index is 1.60. The molecule has 5 heteroatoms. The van der Waals surface area contributed by atoms with Crippen LogP contribution in [0.15, 0.2) is 6.07 Å². The molecular formula is C19H32N4O. The smallest absolute Gasteiger partial charge is 0.271 e. The Morgan fingerprint density at radius 2 is 2.00 bits per heavy atom. The van der Waals surface area contributed by atoms with Gasteiger partial charge in [-0.2, -0.15) is 5.10 Å². The molecule has 1 saturated carbocycles. The monoisotopic (exact) mass is 332 g/mol. The number of hydrogen-bond donors (Lipinski definition) is 1. The average molecular weight is 332 g/mol. The highest BCUT2D eigenvalue weighted by Gasteiger charge is 2.32. The highest BCUT2D eigenvalue weighted by atomic mass is 16.2. The molecule has 24 heavy (non-hydrogen) atoms. The molecule has 2 heterocycles. The number of amides is 1. The van der Waals surface area contributed by atoms with Crippen LogP contribution in [-0.2, 0) is 5.54 Å². The van der Waals surface area contributed by atoms with Gasteiger partial charge < -0.3 is 10.2 Å². The Hall–Kier alpha value is -1.36. The molecular weight excluding hydrogens is 300 g/mol. The topological polar surface area (TPSA) is 50.2 Å². The first-order valence-electron chi connectivity index (χ1n) is 9.48. The van der Waals surface area contributed by atoms with Crippen molar-refractivity contribution < 1.29 is 4.79 Å². The number of rotatable bonds is 6. The van der Waals surface area contributed by atoms with Crippen molar-refractivity contribution in [3.05, 3.63) is 17.5 Å². The van der Waals surface area contributed by atoms with E-state index in [1.807, 2.05) is 6.07 Å². The van der Waals surface area contributed by atoms with Crippen molar-refractivity contribution in [1.82, 2.24) is 20.0 Å². The first kappa shape index (κ1) is 17.5. The van der Waals surface area contributed by atoms with Crippen molar-refractivity contribution in [2.45, 2.75) is 77.3 Å². The van der Waals surface area contributed by atoms with Gasteiger partial charge in [-0.3, -0.25) is 9.48 Å². The number of nitrogens with zero attached hydrogens (tertiary/aromatic N) is 3. The summed E-state index contributed by atoms with van der Waals surface area (Å²) in [6.45, 7) is 12.0. The molecule has 0 spiro atoms. The zero-order chi connectivity index (χ0) is 17.3. The molecule has 3 rings (SSSR count). The third kappa shape index (κ3) is 4.18. The van der Waals surface area contributed by atoms with Crippen molar-refractivity contribution in [1.29, 1.82) is 0 Å². The van der Waals surface area contributed by atoms with Gasteiger partial charge in [-0.25, -0.2) is 0 Å². The van der Waals surface area contributed by atoms with Crippen LogP contribution in [0.4, 0.5) is 0 Å². The number of carbonyl (C=O) groups excluding carboxylic acids is 1. The van der Waals surface area contributed by atoms with Crippen LogP contribution >= 0.6 is 0 Å². The minimum Gasteiger partial charge on any atom is -0.348 e. The molecule has 1 aromatic heterocycles. The Labute approximate surface area is 145 Å². The van der Waals surface area contributed by atoms with Crippen molar-refractivity contribution in [2.75, 3.05) is 19.6 Å². The molecule has 5 nitrogen and oxygen atoms in total. The lowest BCUT2D eigenvalue weighted by Gasteiger charge is -2.22. The highest BCUT2D eigenvalue weighted by Crippen LogP contribution is 2.41. The third-order valence-electron chi connectivity index (χ3n) is 5.06. The molecule has 1 aliphatic heterocycles. The van der Waals surface area contributed by atoms with E-state index in [4.69, 9.17) is 0 Å². The summed E-state index contributed by atoms with van der Waals surface area (Å²) < 4.78 is 2.05. The molecule has 1 aromatic rings. The van der Waals surface area contributed by atoms with Crippen molar-refractivity contribution in [3.63, 3.8) is 0 Å². The quantitative estimate of drug-likeness (QED) is 0.871. The Bertz CT molecular complexity index is 577. The molecule has 1 saturated heterocycles. The lowest BCUT2D eigenvalue weighted by atomic mass is 10.1. The van der Waals surface area contributed by atoms with Crippen LogP contribution in [0, 0.1) is 0 Å². The maximum Gasteiger partial charge on any atom is 0.271 e. The van der Waals surface area contributed by atoms with Crippen LogP contribution in [0.25, 0.3) is 0 Å². The molecule has 1 aliphatic carbocycles. The van der Waals surface area contributed by atoms with Crippen LogP contribution in [0.5, 0.6) is 0 Å². The predicted molar refractivity (Wildman–Crippen MR) is 96.4 cm³/mol. The molecule has 1 N–H and O–H groups in total. The minimum absolute atomic E-state index is 0.0335. The number of likely N-dealkylation sites (tertiary alicyclic amines) is 1. The van der Waals surface area contributed by atoms with Crippen LogP contribution in [-0.4, -0.2) is 46.3 Å². The van der Waals surface area contributed by atoms with Gasteiger partial charge in [0.15, 0.2) is 0 Å². The third-order valence-corrected chi connectivity index (χ3v) is 5.06. The molecule has 0 bridgehead atoms. The number of nitrogens with one attached hydrogen (secondary N) is 1. The molecule has 1 amide bonds. The Morgan fingerprint density at radius 1 is 1.33 bits per heavy atom. The van der Waals surface area contributed by atoms with Crippen molar-refractivity contribution in [3.8, 4) is 0 Å². The summed E-state index contributed by atoms with van der Waals surface area (Å²) in [4.78, 5) is 15.1. The maximum absolute atomic E-state index is 12.6. The van der Waals surface area contributed by atoms with Gasteiger partial charge in [0.25, 0.3) is 5.91 Å². The van der Waals surface area contributed by atoms with E-state index in [1.165, 1.54) is 44.5 Å². The second-order valence-electron chi connectivity index (χ2n) is 8.52. The molecule has 0 aromatic carbocycles. The summed E-state index contributed by atoms with van der Waals surface area (Å²) in [5.74, 6) is 0.555. The molecule has 0 radical (unpaired) electrons. The summed E-state index contributed by atoms with van der Waals surface area (Å²) in [5.41, 5.74) is 1.70. The second-order valence-corrected chi connectivity index (χ2v) is 8.52. The SMILES string of the molecule is CC(CCN1CCCC1)NC(=O)c1cc(C2CC2)n(C(C)(C)C)n1. The van der Waals surface area contributed by atoms with E-state index >= 15 is 0 Å². The van der Waals surface area contributed by atoms with Crippen LogP contribution < -0.4 is 5.32 Å². The van der Waals surface area contributed by atoms with Gasteiger partial charge in [-0.1, -0.05) is 0 Å². The van der Waals surface area contributed by atoms with E-state index in [0.29, 0.717) is 11.6 Å². The fourth-order valence-electron chi connectivity index (χ4n) is 3.47. The summed E-state index contributed by atoms with van der Waals surface area (Å²) in [6.07, 6.45) is 6.06. The van der Waals surface area contributed by atoms with Crippen LogP contribution in [0.1, 0.15) is 81.9 Å². The van der Waals surface area contributed by atoms with Gasteiger partial charge in [-0.15, -0.1) is 0 Å². The zero-order valence-electron chi connectivity index (χ0n) is 15.6. The molecule has 1 unspecified atom stereocenters. The fourth-order valence-corrected chi connectivity index (χ4v) is 3.47. The largest absolute Gasteiger partial charge is 0.348 e. The number of aromatic nitrogens is 2. The molecule has 134 valence electrons. The zero-order valence-corrected chi connectivity index (χ0v) is 15.6. The van der Waals surface area contributed by atoms with Gasteiger partial charge in [0.05, 0.1) is 5.54 Å². The van der Waals surface area contributed by atoms with Gasteiger partial charge in [0, 0.05) is 24.2 Å². The van der Waals surface area contributed by atoms with Gasteiger partial charge in [-0.05, 0) is 79.0 Å². The average Bonchev–Trinajstić information content (AvgIpc) is 3.03. The van der Waals surface area contributed by atoms with E-state index < -0.39 is 0 Å². The van der Waals surface area contributed by atoms with Crippen LogP contribution in [0.2, 0.25) is 0 Å². The first-order valence-corrected chi connectivity index (χ1v) is 9.48. The van der Waals surface area contributed by atoms with E-state index in [2.05, 4.69) is 47.7 Å². The fraction of sp³-hybridized carbons (Fsp3) is 0.789. The normalized spacial score (nSPS) is 20.3. The van der Waals surface area contributed by atoms with E-state index in [9.17, 15) is 4.79 Å². The van der Waals surface area contributed by atoms with Gasteiger partial charge >= 0.3 is 0 Å². The molecule has 2 fully saturated rings. The second kappa shape index (κ2) is 6.87. The van der Waals surface area contributed by atoms with Crippen molar-refractivity contribution >= 4 is 5.91 Å². The number of hydrogen-bond acceptors (Lipinski definition) is 3. The molecule has 2 aliphatic rings.